The van der Waals surface area contributed by atoms with E-state index < -0.39 is 0 Å². The number of rotatable bonds is 6. The average molecular weight is 434 g/mol. The predicted octanol–water partition coefficient (Wildman–Crippen LogP) is 5.94. The van der Waals surface area contributed by atoms with Crippen molar-refractivity contribution in [1.82, 2.24) is 15.5 Å². The zero-order chi connectivity index (χ0) is 19.3. The summed E-state index contributed by atoms with van der Waals surface area (Å²) in [7, 11) is 0. The minimum Gasteiger partial charge on any atom is -0.419 e. The minimum atomic E-state index is -0.215. The maximum absolute atomic E-state index is 6.06. The quantitative estimate of drug-likeness (QED) is 0.408. The molecule has 4 rings (SSSR count). The van der Waals surface area contributed by atoms with Crippen LogP contribution in [0.5, 0.6) is 0 Å². The van der Waals surface area contributed by atoms with Crippen molar-refractivity contribution in [3.05, 3.63) is 106 Å². The van der Waals surface area contributed by atoms with Crippen molar-refractivity contribution < 1.29 is 4.42 Å². The first-order chi connectivity index (χ1) is 13.7. The van der Waals surface area contributed by atoms with Crippen LogP contribution >= 0.6 is 15.9 Å². The van der Waals surface area contributed by atoms with E-state index in [1.165, 1.54) is 5.56 Å². The summed E-state index contributed by atoms with van der Waals surface area (Å²) in [5.41, 5.74) is 3.17. The standard InChI is InChI=1S/C23H20BrN3O/c1-16(17-8-4-2-5-9-17)25-21(18-12-14-20(24)15-13-18)23-27-26-22(28-23)19-10-6-3-7-11-19/h2-16,21,25H,1H3/t16-,21+/m0/s1. The lowest BCUT2D eigenvalue weighted by Crippen LogP contribution is -2.26. The van der Waals surface area contributed by atoms with Crippen LogP contribution in [0.25, 0.3) is 11.5 Å². The molecule has 1 N–H and O–H groups in total. The van der Waals surface area contributed by atoms with Crippen LogP contribution in [-0.2, 0) is 0 Å². The molecule has 0 amide bonds. The molecule has 3 aromatic carbocycles. The molecule has 28 heavy (non-hydrogen) atoms. The van der Waals surface area contributed by atoms with E-state index in [4.69, 9.17) is 4.42 Å². The SMILES string of the molecule is C[C@H](N[C@H](c1ccc(Br)cc1)c1nnc(-c2ccccc2)o1)c1ccccc1. The Hall–Kier alpha value is -2.76. The highest BCUT2D eigenvalue weighted by molar-refractivity contribution is 9.10. The number of hydrogen-bond acceptors (Lipinski definition) is 4. The molecular formula is C23H20BrN3O. The molecule has 0 aliphatic carbocycles. The van der Waals surface area contributed by atoms with Gasteiger partial charge in [0.2, 0.25) is 11.8 Å². The third-order valence-electron chi connectivity index (χ3n) is 4.63. The number of nitrogens with one attached hydrogen (secondary N) is 1. The maximum atomic E-state index is 6.06. The molecule has 0 saturated carbocycles. The first-order valence-electron chi connectivity index (χ1n) is 9.16. The fourth-order valence-corrected chi connectivity index (χ4v) is 3.37. The van der Waals surface area contributed by atoms with Crippen LogP contribution in [0, 0.1) is 0 Å². The van der Waals surface area contributed by atoms with Gasteiger partial charge >= 0.3 is 0 Å². The third kappa shape index (κ3) is 4.21. The summed E-state index contributed by atoms with van der Waals surface area (Å²) >= 11 is 3.50. The highest BCUT2D eigenvalue weighted by Crippen LogP contribution is 2.28. The van der Waals surface area contributed by atoms with E-state index in [1.54, 1.807) is 0 Å². The van der Waals surface area contributed by atoms with Crippen LogP contribution in [0.15, 0.2) is 93.8 Å². The molecule has 4 nitrogen and oxygen atoms in total. The summed E-state index contributed by atoms with van der Waals surface area (Å²) in [6.07, 6.45) is 0. The van der Waals surface area contributed by atoms with Crippen molar-refractivity contribution in [3.8, 4) is 11.5 Å². The number of hydrogen-bond donors (Lipinski definition) is 1. The zero-order valence-electron chi connectivity index (χ0n) is 15.4. The lowest BCUT2D eigenvalue weighted by Gasteiger charge is -2.21. The maximum Gasteiger partial charge on any atom is 0.247 e. The molecular weight excluding hydrogens is 414 g/mol. The summed E-state index contributed by atoms with van der Waals surface area (Å²) < 4.78 is 7.09. The molecule has 0 radical (unpaired) electrons. The van der Waals surface area contributed by atoms with Gasteiger partial charge in [-0.15, -0.1) is 10.2 Å². The molecule has 0 unspecified atom stereocenters. The highest BCUT2D eigenvalue weighted by atomic mass is 79.9. The third-order valence-corrected chi connectivity index (χ3v) is 5.16. The summed E-state index contributed by atoms with van der Waals surface area (Å²) in [4.78, 5) is 0. The second kappa shape index (κ2) is 8.50. The van der Waals surface area contributed by atoms with Crippen molar-refractivity contribution >= 4 is 15.9 Å². The fourth-order valence-electron chi connectivity index (χ4n) is 3.10. The van der Waals surface area contributed by atoms with Gasteiger partial charge in [0.15, 0.2) is 0 Å². The molecule has 0 spiro atoms. The molecule has 0 aliphatic heterocycles. The molecule has 0 saturated heterocycles. The molecule has 0 fully saturated rings. The fraction of sp³-hybridized carbons (Fsp3) is 0.130. The molecule has 5 heteroatoms. The average Bonchev–Trinajstić information content (AvgIpc) is 3.24. The van der Waals surface area contributed by atoms with Crippen LogP contribution in [0.3, 0.4) is 0 Å². The van der Waals surface area contributed by atoms with Gasteiger partial charge in [-0.25, -0.2) is 0 Å². The van der Waals surface area contributed by atoms with E-state index in [0.717, 1.165) is 15.6 Å². The van der Waals surface area contributed by atoms with E-state index in [0.29, 0.717) is 11.8 Å². The molecule has 1 heterocycles. The lowest BCUT2D eigenvalue weighted by atomic mass is 10.0. The van der Waals surface area contributed by atoms with Crippen molar-refractivity contribution in [2.24, 2.45) is 0 Å². The second-order valence-corrected chi connectivity index (χ2v) is 7.51. The van der Waals surface area contributed by atoms with Crippen molar-refractivity contribution in [2.45, 2.75) is 19.0 Å². The molecule has 4 aromatic rings. The Morgan fingerprint density at radius 2 is 1.43 bits per heavy atom. The van der Waals surface area contributed by atoms with E-state index >= 15 is 0 Å². The molecule has 2 atom stereocenters. The van der Waals surface area contributed by atoms with E-state index in [9.17, 15) is 0 Å². The Kier molecular flexibility index (Phi) is 5.65. The lowest BCUT2D eigenvalue weighted by molar-refractivity contribution is 0.411. The van der Waals surface area contributed by atoms with Gasteiger partial charge in [-0.2, -0.15) is 0 Å². The first kappa shape index (κ1) is 18.6. The summed E-state index contributed by atoms with van der Waals surface area (Å²) in [5.74, 6) is 1.07. The minimum absolute atomic E-state index is 0.113. The van der Waals surface area contributed by atoms with Crippen LogP contribution in [-0.4, -0.2) is 10.2 Å². The second-order valence-electron chi connectivity index (χ2n) is 6.60. The Morgan fingerprint density at radius 3 is 2.11 bits per heavy atom. The molecule has 1 aromatic heterocycles. The van der Waals surface area contributed by atoms with Gasteiger partial charge in [0.1, 0.15) is 6.04 Å². The molecule has 0 aliphatic rings. The van der Waals surface area contributed by atoms with Crippen molar-refractivity contribution in [3.63, 3.8) is 0 Å². The summed E-state index contributed by atoms with van der Waals surface area (Å²) in [6, 6.07) is 28.2. The summed E-state index contributed by atoms with van der Waals surface area (Å²) in [6.45, 7) is 2.13. The Labute approximate surface area is 172 Å². The smallest absolute Gasteiger partial charge is 0.247 e. The van der Waals surface area contributed by atoms with Gasteiger partial charge in [0, 0.05) is 16.1 Å². The molecule has 0 bridgehead atoms. The number of halogens is 1. The van der Waals surface area contributed by atoms with Crippen LogP contribution in [0.1, 0.15) is 36.0 Å². The van der Waals surface area contributed by atoms with Crippen molar-refractivity contribution in [2.75, 3.05) is 0 Å². The Bertz CT molecular complexity index is 1020. The normalized spacial score (nSPS) is 13.2. The highest BCUT2D eigenvalue weighted by Gasteiger charge is 2.23. The number of aromatic nitrogens is 2. The van der Waals surface area contributed by atoms with E-state index in [2.05, 4.69) is 62.6 Å². The topological polar surface area (TPSA) is 51.0 Å². The Morgan fingerprint density at radius 1 is 0.786 bits per heavy atom. The van der Waals surface area contributed by atoms with Gasteiger partial charge < -0.3 is 4.42 Å². The number of benzene rings is 3. The van der Waals surface area contributed by atoms with Gasteiger partial charge in [-0.3, -0.25) is 5.32 Å². The van der Waals surface area contributed by atoms with Crippen LogP contribution < -0.4 is 5.32 Å². The van der Waals surface area contributed by atoms with Crippen LogP contribution in [0.2, 0.25) is 0 Å². The van der Waals surface area contributed by atoms with Gasteiger partial charge in [0.05, 0.1) is 0 Å². The van der Waals surface area contributed by atoms with E-state index in [1.807, 2.05) is 60.7 Å². The monoisotopic (exact) mass is 433 g/mol. The van der Waals surface area contributed by atoms with Crippen LogP contribution in [0.4, 0.5) is 0 Å². The van der Waals surface area contributed by atoms with E-state index in [-0.39, 0.29) is 12.1 Å². The number of nitrogens with zero attached hydrogens (tertiary/aromatic N) is 2. The first-order valence-corrected chi connectivity index (χ1v) is 9.95. The van der Waals surface area contributed by atoms with Gasteiger partial charge in [0.25, 0.3) is 0 Å². The zero-order valence-corrected chi connectivity index (χ0v) is 17.0. The van der Waals surface area contributed by atoms with Gasteiger partial charge in [-0.1, -0.05) is 76.6 Å². The summed E-state index contributed by atoms with van der Waals surface area (Å²) in [5, 5.41) is 12.3. The van der Waals surface area contributed by atoms with Gasteiger partial charge in [-0.05, 0) is 42.3 Å². The Balaban J connectivity index is 1.67. The molecule has 140 valence electrons. The predicted molar refractivity (Wildman–Crippen MR) is 114 cm³/mol. The largest absolute Gasteiger partial charge is 0.419 e. The van der Waals surface area contributed by atoms with Crippen molar-refractivity contribution in [1.29, 1.82) is 0 Å².